The van der Waals surface area contributed by atoms with Gasteiger partial charge in [-0.25, -0.2) is 4.79 Å². The molecule has 0 radical (unpaired) electrons. The molecular formula is C18H23NO2. The Bertz CT molecular complexity index is 719. The van der Waals surface area contributed by atoms with Crippen LogP contribution in [0.25, 0.3) is 10.9 Å². The number of benzene rings is 1. The molecule has 0 saturated carbocycles. The Hall–Kier alpha value is -1.77. The fraction of sp³-hybridized carbons (Fsp3) is 0.500. The zero-order valence-electron chi connectivity index (χ0n) is 13.2. The molecule has 0 amide bonds. The predicted octanol–water partition coefficient (Wildman–Crippen LogP) is 4.03. The smallest absolute Gasteiger partial charge is 0.337 e. The van der Waals surface area contributed by atoms with Crippen molar-refractivity contribution in [2.45, 2.75) is 40.0 Å². The van der Waals surface area contributed by atoms with E-state index < -0.39 is 5.97 Å². The summed E-state index contributed by atoms with van der Waals surface area (Å²) in [5, 5.41) is 10.6. The quantitative estimate of drug-likeness (QED) is 0.859. The summed E-state index contributed by atoms with van der Waals surface area (Å²) in [6, 6.07) is 5.65. The molecule has 1 heterocycles. The number of aromatic nitrogens is 1. The van der Waals surface area contributed by atoms with Crippen LogP contribution in [-0.2, 0) is 19.9 Å². The summed E-state index contributed by atoms with van der Waals surface area (Å²) in [6.07, 6.45) is 3.28. The lowest BCUT2D eigenvalue weighted by Gasteiger charge is -2.34. The number of hydrogen-bond donors (Lipinski definition) is 1. The number of carbonyl (C=O) groups is 1. The van der Waals surface area contributed by atoms with Crippen molar-refractivity contribution >= 4 is 16.9 Å². The van der Waals surface area contributed by atoms with Crippen LogP contribution in [0.3, 0.4) is 0 Å². The molecule has 0 spiro atoms. The van der Waals surface area contributed by atoms with Gasteiger partial charge in [-0.15, -0.1) is 0 Å². The molecule has 3 heteroatoms. The van der Waals surface area contributed by atoms with Crippen molar-refractivity contribution in [1.29, 1.82) is 0 Å². The van der Waals surface area contributed by atoms with Gasteiger partial charge in [0.1, 0.15) is 0 Å². The Kier molecular flexibility index (Phi) is 3.12. The Balaban J connectivity index is 2.21. The molecule has 1 unspecified atom stereocenters. The number of nitrogens with zero attached hydrogens (tertiary/aromatic N) is 1. The molecule has 21 heavy (non-hydrogen) atoms. The molecule has 1 aromatic heterocycles. The number of fused-ring (bicyclic) bond motifs is 3. The fourth-order valence-electron chi connectivity index (χ4n) is 3.76. The summed E-state index contributed by atoms with van der Waals surface area (Å²) in [6.45, 7) is 6.91. The van der Waals surface area contributed by atoms with Gasteiger partial charge in [-0.2, -0.15) is 0 Å². The second kappa shape index (κ2) is 4.62. The van der Waals surface area contributed by atoms with E-state index in [0.717, 1.165) is 23.7 Å². The summed E-state index contributed by atoms with van der Waals surface area (Å²) in [5.41, 5.74) is 4.27. The summed E-state index contributed by atoms with van der Waals surface area (Å²) >= 11 is 0. The van der Waals surface area contributed by atoms with Gasteiger partial charge in [0.2, 0.25) is 0 Å². The standard InChI is InChI=1S/C18H23NO2/c1-18(2,3)11-8-9-15-14(10-11)12-6-5-7-13(17(20)21)16(12)19(15)4/h5-7,11H,8-10H2,1-4H3,(H,20,21). The van der Waals surface area contributed by atoms with Gasteiger partial charge in [-0.3, -0.25) is 0 Å². The van der Waals surface area contributed by atoms with Crippen LogP contribution in [0.2, 0.25) is 0 Å². The molecule has 2 aromatic rings. The van der Waals surface area contributed by atoms with Crippen LogP contribution in [0.15, 0.2) is 18.2 Å². The minimum absolute atomic E-state index is 0.296. The molecule has 1 N–H and O–H groups in total. The van der Waals surface area contributed by atoms with E-state index in [1.807, 2.05) is 13.1 Å². The topological polar surface area (TPSA) is 42.2 Å². The number of rotatable bonds is 1. The van der Waals surface area contributed by atoms with E-state index in [1.54, 1.807) is 6.07 Å². The molecule has 0 aliphatic heterocycles. The van der Waals surface area contributed by atoms with Gasteiger partial charge in [-0.1, -0.05) is 32.9 Å². The third kappa shape index (κ3) is 2.15. The molecule has 3 rings (SSSR count). The average molecular weight is 285 g/mol. The summed E-state index contributed by atoms with van der Waals surface area (Å²) in [5.74, 6) is -0.185. The van der Waals surface area contributed by atoms with Crippen LogP contribution < -0.4 is 0 Å². The van der Waals surface area contributed by atoms with Crippen molar-refractivity contribution in [2.75, 3.05) is 0 Å². The molecule has 1 aromatic carbocycles. The third-order valence-electron chi connectivity index (χ3n) is 5.09. The number of aromatic carboxylic acids is 1. The highest BCUT2D eigenvalue weighted by molar-refractivity contribution is 6.03. The highest BCUT2D eigenvalue weighted by Gasteiger charge is 2.32. The zero-order chi connectivity index (χ0) is 15.4. The Morgan fingerprint density at radius 2 is 2.05 bits per heavy atom. The first kappa shape index (κ1) is 14.2. The number of hydrogen-bond acceptors (Lipinski definition) is 1. The van der Waals surface area contributed by atoms with Crippen molar-refractivity contribution in [3.63, 3.8) is 0 Å². The molecule has 112 valence electrons. The maximum atomic E-state index is 11.5. The van der Waals surface area contributed by atoms with E-state index in [1.165, 1.54) is 17.7 Å². The normalized spacial score (nSPS) is 18.8. The van der Waals surface area contributed by atoms with Crippen LogP contribution in [0.5, 0.6) is 0 Å². The summed E-state index contributed by atoms with van der Waals surface area (Å²) in [7, 11) is 2.00. The van der Waals surface area contributed by atoms with Crippen molar-refractivity contribution in [3.05, 3.63) is 35.0 Å². The molecular weight excluding hydrogens is 262 g/mol. The van der Waals surface area contributed by atoms with Crippen LogP contribution in [0.1, 0.15) is 48.8 Å². The first-order valence-corrected chi connectivity index (χ1v) is 7.63. The molecule has 1 aliphatic rings. The van der Waals surface area contributed by atoms with E-state index in [9.17, 15) is 9.90 Å². The van der Waals surface area contributed by atoms with E-state index >= 15 is 0 Å². The van der Waals surface area contributed by atoms with Crippen molar-refractivity contribution in [1.82, 2.24) is 4.57 Å². The molecule has 0 bridgehead atoms. The molecule has 0 saturated heterocycles. The fourth-order valence-corrected chi connectivity index (χ4v) is 3.76. The van der Waals surface area contributed by atoms with Crippen LogP contribution >= 0.6 is 0 Å². The van der Waals surface area contributed by atoms with Gasteiger partial charge < -0.3 is 9.67 Å². The van der Waals surface area contributed by atoms with Crippen LogP contribution in [0, 0.1) is 11.3 Å². The van der Waals surface area contributed by atoms with E-state index in [2.05, 4.69) is 31.4 Å². The van der Waals surface area contributed by atoms with Gasteiger partial charge in [0, 0.05) is 18.1 Å². The number of para-hydroxylation sites is 1. The Morgan fingerprint density at radius 3 is 2.67 bits per heavy atom. The first-order chi connectivity index (χ1) is 9.80. The molecule has 1 aliphatic carbocycles. The molecule has 0 fully saturated rings. The van der Waals surface area contributed by atoms with Crippen LogP contribution in [0.4, 0.5) is 0 Å². The minimum Gasteiger partial charge on any atom is -0.478 e. The maximum Gasteiger partial charge on any atom is 0.337 e. The van der Waals surface area contributed by atoms with E-state index in [-0.39, 0.29) is 0 Å². The van der Waals surface area contributed by atoms with Crippen molar-refractivity contribution in [3.8, 4) is 0 Å². The zero-order valence-corrected chi connectivity index (χ0v) is 13.2. The summed E-state index contributed by atoms with van der Waals surface area (Å²) < 4.78 is 2.10. The molecule has 1 atom stereocenters. The predicted molar refractivity (Wildman–Crippen MR) is 84.8 cm³/mol. The minimum atomic E-state index is -0.842. The number of carboxylic acids is 1. The van der Waals surface area contributed by atoms with Crippen molar-refractivity contribution < 1.29 is 9.90 Å². The van der Waals surface area contributed by atoms with Crippen molar-refractivity contribution in [2.24, 2.45) is 18.4 Å². The highest BCUT2D eigenvalue weighted by atomic mass is 16.4. The second-order valence-electron chi connectivity index (χ2n) is 7.30. The lowest BCUT2D eigenvalue weighted by Crippen LogP contribution is -2.27. The van der Waals surface area contributed by atoms with Gasteiger partial charge in [-0.05, 0) is 42.2 Å². The van der Waals surface area contributed by atoms with E-state index in [0.29, 0.717) is 16.9 Å². The number of carboxylic acid groups (broad SMARTS) is 1. The number of aryl methyl sites for hydroxylation is 1. The van der Waals surface area contributed by atoms with Crippen LogP contribution in [-0.4, -0.2) is 15.6 Å². The largest absolute Gasteiger partial charge is 0.478 e. The average Bonchev–Trinajstić information content (AvgIpc) is 2.71. The SMILES string of the molecule is Cn1c2c(c3cccc(C(=O)O)c31)CC(C(C)(C)C)CC2. The monoisotopic (exact) mass is 285 g/mol. The molecule has 3 nitrogen and oxygen atoms in total. The second-order valence-corrected chi connectivity index (χ2v) is 7.30. The maximum absolute atomic E-state index is 11.5. The highest BCUT2D eigenvalue weighted by Crippen LogP contribution is 2.41. The van der Waals surface area contributed by atoms with Gasteiger partial charge in [0.05, 0.1) is 11.1 Å². The summed E-state index contributed by atoms with van der Waals surface area (Å²) in [4.78, 5) is 11.5. The first-order valence-electron chi connectivity index (χ1n) is 7.63. The van der Waals surface area contributed by atoms with Gasteiger partial charge in [0.25, 0.3) is 0 Å². The van der Waals surface area contributed by atoms with Gasteiger partial charge >= 0.3 is 5.97 Å². The third-order valence-corrected chi connectivity index (χ3v) is 5.09. The van der Waals surface area contributed by atoms with Gasteiger partial charge in [0.15, 0.2) is 0 Å². The van der Waals surface area contributed by atoms with E-state index in [4.69, 9.17) is 0 Å². The Morgan fingerprint density at radius 1 is 1.33 bits per heavy atom. The lowest BCUT2D eigenvalue weighted by atomic mass is 9.71. The Labute approximate surface area is 125 Å². The lowest BCUT2D eigenvalue weighted by molar-refractivity contribution is 0.0698.